The number of ether oxygens (including phenoxy) is 1. The summed E-state index contributed by atoms with van der Waals surface area (Å²) in [7, 11) is 0. The van der Waals surface area contributed by atoms with Crippen molar-refractivity contribution in [2.75, 3.05) is 26.3 Å². The molecular formula is C10H20N2O2. The van der Waals surface area contributed by atoms with Crippen LogP contribution in [0.1, 0.15) is 20.3 Å². The third kappa shape index (κ3) is 3.64. The van der Waals surface area contributed by atoms with Crippen molar-refractivity contribution >= 4 is 5.91 Å². The number of amides is 1. The first-order valence-corrected chi connectivity index (χ1v) is 5.33. The summed E-state index contributed by atoms with van der Waals surface area (Å²) in [6.45, 7) is 7.06. The van der Waals surface area contributed by atoms with E-state index in [2.05, 4.69) is 10.6 Å². The van der Waals surface area contributed by atoms with Crippen LogP contribution in [-0.4, -0.2) is 38.3 Å². The highest BCUT2D eigenvalue weighted by Gasteiger charge is 2.20. The van der Waals surface area contributed by atoms with Gasteiger partial charge in [0, 0.05) is 19.1 Å². The molecule has 0 saturated carbocycles. The van der Waals surface area contributed by atoms with Crippen LogP contribution in [0.3, 0.4) is 0 Å². The lowest BCUT2D eigenvalue weighted by atomic mass is 10.1. The number of rotatable bonds is 5. The number of carbonyl (C=O) groups is 1. The third-order valence-electron chi connectivity index (χ3n) is 2.42. The fourth-order valence-electron chi connectivity index (χ4n) is 1.45. The van der Waals surface area contributed by atoms with Crippen LogP contribution in [0.25, 0.3) is 0 Å². The Labute approximate surface area is 85.4 Å². The Bertz CT molecular complexity index is 179. The molecule has 1 fully saturated rings. The van der Waals surface area contributed by atoms with Gasteiger partial charge < -0.3 is 15.4 Å². The maximum Gasteiger partial charge on any atom is 0.224 e. The van der Waals surface area contributed by atoms with Crippen LogP contribution < -0.4 is 10.6 Å². The number of hydrogen-bond donors (Lipinski definition) is 2. The van der Waals surface area contributed by atoms with E-state index in [0.29, 0.717) is 6.61 Å². The maximum atomic E-state index is 11.6. The Morgan fingerprint density at radius 3 is 3.00 bits per heavy atom. The van der Waals surface area contributed by atoms with Gasteiger partial charge in [-0.2, -0.15) is 0 Å². The molecule has 1 saturated heterocycles. The summed E-state index contributed by atoms with van der Waals surface area (Å²) in [4.78, 5) is 11.6. The SMILES string of the molecule is CCNCC(C)C(=O)NC1CCOC1. The molecule has 1 heterocycles. The van der Waals surface area contributed by atoms with Crippen LogP contribution >= 0.6 is 0 Å². The zero-order valence-corrected chi connectivity index (χ0v) is 9.01. The highest BCUT2D eigenvalue weighted by Crippen LogP contribution is 2.04. The van der Waals surface area contributed by atoms with Gasteiger partial charge in [-0.15, -0.1) is 0 Å². The molecule has 4 heteroatoms. The molecule has 0 aromatic heterocycles. The first kappa shape index (κ1) is 11.5. The molecule has 0 aliphatic carbocycles. The van der Waals surface area contributed by atoms with E-state index in [4.69, 9.17) is 4.74 Å². The minimum Gasteiger partial charge on any atom is -0.379 e. The average Bonchev–Trinajstić information content (AvgIpc) is 2.66. The predicted octanol–water partition coefficient (Wildman–Crippen LogP) is 0.137. The quantitative estimate of drug-likeness (QED) is 0.663. The molecule has 2 atom stereocenters. The van der Waals surface area contributed by atoms with E-state index in [1.54, 1.807) is 0 Å². The van der Waals surface area contributed by atoms with Crippen molar-refractivity contribution in [1.82, 2.24) is 10.6 Å². The Hall–Kier alpha value is -0.610. The van der Waals surface area contributed by atoms with Crippen molar-refractivity contribution in [3.8, 4) is 0 Å². The summed E-state index contributed by atoms with van der Waals surface area (Å²) in [6.07, 6.45) is 0.944. The zero-order chi connectivity index (χ0) is 10.4. The normalized spacial score (nSPS) is 23.4. The Kier molecular flexibility index (Phi) is 4.90. The summed E-state index contributed by atoms with van der Waals surface area (Å²) in [5, 5.41) is 6.15. The maximum absolute atomic E-state index is 11.6. The molecule has 4 nitrogen and oxygen atoms in total. The van der Waals surface area contributed by atoms with E-state index in [1.165, 1.54) is 0 Å². The Morgan fingerprint density at radius 2 is 2.43 bits per heavy atom. The van der Waals surface area contributed by atoms with Crippen molar-refractivity contribution in [2.45, 2.75) is 26.3 Å². The van der Waals surface area contributed by atoms with Gasteiger partial charge in [0.1, 0.15) is 0 Å². The molecule has 14 heavy (non-hydrogen) atoms. The van der Waals surface area contributed by atoms with E-state index in [0.717, 1.165) is 26.1 Å². The van der Waals surface area contributed by atoms with E-state index in [-0.39, 0.29) is 17.9 Å². The van der Waals surface area contributed by atoms with Crippen LogP contribution in [-0.2, 0) is 9.53 Å². The summed E-state index contributed by atoms with van der Waals surface area (Å²) < 4.78 is 5.19. The van der Waals surface area contributed by atoms with Crippen molar-refractivity contribution in [3.63, 3.8) is 0 Å². The summed E-state index contributed by atoms with van der Waals surface area (Å²) in [6, 6.07) is 0.228. The molecule has 0 aromatic rings. The molecule has 0 spiro atoms. The highest BCUT2D eigenvalue weighted by atomic mass is 16.5. The van der Waals surface area contributed by atoms with Crippen LogP contribution in [0.15, 0.2) is 0 Å². The van der Waals surface area contributed by atoms with E-state index < -0.39 is 0 Å². The topological polar surface area (TPSA) is 50.4 Å². The van der Waals surface area contributed by atoms with Gasteiger partial charge in [0.15, 0.2) is 0 Å². The Balaban J connectivity index is 2.18. The van der Waals surface area contributed by atoms with Crippen molar-refractivity contribution < 1.29 is 9.53 Å². The average molecular weight is 200 g/mol. The lowest BCUT2D eigenvalue weighted by Gasteiger charge is -2.15. The van der Waals surface area contributed by atoms with Crippen LogP contribution in [0.5, 0.6) is 0 Å². The molecule has 2 unspecified atom stereocenters. The van der Waals surface area contributed by atoms with Gasteiger partial charge in [0.2, 0.25) is 5.91 Å². The molecule has 82 valence electrons. The lowest BCUT2D eigenvalue weighted by Crippen LogP contribution is -2.41. The first-order chi connectivity index (χ1) is 6.74. The standard InChI is InChI=1S/C10H20N2O2/c1-3-11-6-8(2)10(13)12-9-4-5-14-7-9/h8-9,11H,3-7H2,1-2H3,(H,12,13). The summed E-state index contributed by atoms with van der Waals surface area (Å²) in [5.74, 6) is 0.164. The zero-order valence-electron chi connectivity index (χ0n) is 9.01. The largest absolute Gasteiger partial charge is 0.379 e. The monoisotopic (exact) mass is 200 g/mol. The highest BCUT2D eigenvalue weighted by molar-refractivity contribution is 5.78. The van der Waals surface area contributed by atoms with E-state index in [9.17, 15) is 4.79 Å². The summed E-state index contributed by atoms with van der Waals surface area (Å²) in [5.41, 5.74) is 0. The second-order valence-electron chi connectivity index (χ2n) is 3.78. The molecule has 0 bridgehead atoms. The van der Waals surface area contributed by atoms with Gasteiger partial charge in [-0.25, -0.2) is 0 Å². The van der Waals surface area contributed by atoms with Gasteiger partial charge >= 0.3 is 0 Å². The third-order valence-corrected chi connectivity index (χ3v) is 2.42. The molecule has 0 radical (unpaired) electrons. The smallest absolute Gasteiger partial charge is 0.224 e. The molecule has 0 aromatic carbocycles. The molecule has 2 N–H and O–H groups in total. The minimum atomic E-state index is 0.0375. The van der Waals surface area contributed by atoms with Gasteiger partial charge in [-0.3, -0.25) is 4.79 Å². The van der Waals surface area contributed by atoms with E-state index in [1.807, 2.05) is 13.8 Å². The summed E-state index contributed by atoms with van der Waals surface area (Å²) >= 11 is 0. The predicted molar refractivity (Wildman–Crippen MR) is 55.1 cm³/mol. The van der Waals surface area contributed by atoms with Gasteiger partial charge in [0.25, 0.3) is 0 Å². The van der Waals surface area contributed by atoms with Gasteiger partial charge in [-0.05, 0) is 13.0 Å². The lowest BCUT2D eigenvalue weighted by molar-refractivity contribution is -0.125. The fraction of sp³-hybridized carbons (Fsp3) is 0.900. The molecule has 1 rings (SSSR count). The van der Waals surface area contributed by atoms with Gasteiger partial charge in [-0.1, -0.05) is 13.8 Å². The van der Waals surface area contributed by atoms with Crippen molar-refractivity contribution in [1.29, 1.82) is 0 Å². The molecule has 1 amide bonds. The van der Waals surface area contributed by atoms with Crippen LogP contribution in [0.2, 0.25) is 0 Å². The first-order valence-electron chi connectivity index (χ1n) is 5.33. The fourth-order valence-corrected chi connectivity index (χ4v) is 1.45. The van der Waals surface area contributed by atoms with Crippen LogP contribution in [0, 0.1) is 5.92 Å². The number of nitrogens with one attached hydrogen (secondary N) is 2. The van der Waals surface area contributed by atoms with E-state index >= 15 is 0 Å². The second kappa shape index (κ2) is 5.98. The van der Waals surface area contributed by atoms with Gasteiger partial charge in [0.05, 0.1) is 12.6 Å². The Morgan fingerprint density at radius 1 is 1.64 bits per heavy atom. The molecule has 1 aliphatic heterocycles. The van der Waals surface area contributed by atoms with Crippen molar-refractivity contribution in [3.05, 3.63) is 0 Å². The van der Waals surface area contributed by atoms with Crippen LogP contribution in [0.4, 0.5) is 0 Å². The number of hydrogen-bond acceptors (Lipinski definition) is 3. The number of carbonyl (C=O) groups excluding carboxylic acids is 1. The molecular weight excluding hydrogens is 180 g/mol. The molecule has 1 aliphatic rings. The second-order valence-corrected chi connectivity index (χ2v) is 3.78. The van der Waals surface area contributed by atoms with Crippen molar-refractivity contribution in [2.24, 2.45) is 5.92 Å². The minimum absolute atomic E-state index is 0.0375.